The van der Waals surface area contributed by atoms with Gasteiger partial charge >= 0.3 is 0 Å². The third-order valence-corrected chi connectivity index (χ3v) is 6.43. The Bertz CT molecular complexity index is 1630. The van der Waals surface area contributed by atoms with Crippen molar-refractivity contribution < 1.29 is 4.79 Å². The van der Waals surface area contributed by atoms with Crippen molar-refractivity contribution in [3.63, 3.8) is 0 Å². The lowest BCUT2D eigenvalue weighted by Crippen LogP contribution is -2.23. The molecule has 2 N–H and O–H groups in total. The second-order valence-electron chi connectivity index (χ2n) is 8.39. The summed E-state index contributed by atoms with van der Waals surface area (Å²) in [6, 6.07) is 18.1. The first-order valence-electron chi connectivity index (χ1n) is 11.2. The molecule has 2 aromatic carbocycles. The average molecular weight is 518 g/mol. The van der Waals surface area contributed by atoms with Crippen LogP contribution in [0, 0.1) is 0 Å². The maximum Gasteiger partial charge on any atom is 0.253 e. The minimum Gasteiger partial charge on any atom is -0.346 e. The van der Waals surface area contributed by atoms with Crippen LogP contribution in [0.5, 0.6) is 0 Å². The Hall–Kier alpha value is -3.94. The number of aromatic nitrogens is 4. The molecule has 0 atom stereocenters. The molecule has 0 aliphatic heterocycles. The smallest absolute Gasteiger partial charge is 0.253 e. The van der Waals surface area contributed by atoms with E-state index in [-0.39, 0.29) is 18.0 Å². The number of carbonyl (C=O) groups excluding carboxylic acids is 1. The Morgan fingerprint density at radius 3 is 2.72 bits per heavy atom. The monoisotopic (exact) mass is 517 g/mol. The van der Waals surface area contributed by atoms with E-state index in [1.165, 1.54) is 12.3 Å². The van der Waals surface area contributed by atoms with E-state index < -0.39 is 0 Å². The fraction of sp³-hybridized carbons (Fsp3) is 0.111. The molecule has 1 amide bonds. The maximum atomic E-state index is 12.8. The molecular weight excluding hydrogens is 497 g/mol. The second kappa shape index (κ2) is 10.4. The third-order valence-electron chi connectivity index (χ3n) is 5.84. The van der Waals surface area contributed by atoms with E-state index in [4.69, 9.17) is 23.2 Å². The van der Waals surface area contributed by atoms with E-state index in [0.717, 1.165) is 27.6 Å². The van der Waals surface area contributed by atoms with Crippen molar-refractivity contribution in [1.82, 2.24) is 25.1 Å². The number of hydrogen-bond acceptors (Lipinski definition) is 4. The van der Waals surface area contributed by atoms with Crippen LogP contribution < -0.4 is 10.9 Å². The standard InChI is InChI=1S/C27H21Cl2N5O2/c28-21-6-7-24-22(12-21)25(33-32-24)15-31-27(36)20-10-18(13-30-14-20)9-17-4-5-19(23(29)11-17)16-34-8-2-1-3-26(34)35/h1-8,10-14H,9,15-16H2,(H,31,36)(H,32,33). The van der Waals surface area contributed by atoms with Crippen molar-refractivity contribution in [3.8, 4) is 0 Å². The van der Waals surface area contributed by atoms with Crippen LogP contribution in [-0.2, 0) is 19.5 Å². The zero-order chi connectivity index (χ0) is 25.1. The van der Waals surface area contributed by atoms with E-state index >= 15 is 0 Å². The summed E-state index contributed by atoms with van der Waals surface area (Å²) in [6.07, 6.45) is 5.55. The van der Waals surface area contributed by atoms with Gasteiger partial charge in [0.2, 0.25) is 0 Å². The number of nitrogens with zero attached hydrogens (tertiary/aromatic N) is 3. The van der Waals surface area contributed by atoms with E-state index in [1.807, 2.05) is 42.5 Å². The highest BCUT2D eigenvalue weighted by Gasteiger charge is 2.12. The number of pyridine rings is 2. The van der Waals surface area contributed by atoms with Gasteiger partial charge in [-0.25, -0.2) is 0 Å². The van der Waals surface area contributed by atoms with Crippen molar-refractivity contribution in [2.45, 2.75) is 19.5 Å². The largest absolute Gasteiger partial charge is 0.346 e. The van der Waals surface area contributed by atoms with Gasteiger partial charge in [-0.3, -0.25) is 19.7 Å². The van der Waals surface area contributed by atoms with E-state index in [9.17, 15) is 9.59 Å². The molecule has 0 spiro atoms. The van der Waals surface area contributed by atoms with Crippen LogP contribution in [0.1, 0.15) is 32.7 Å². The first kappa shape index (κ1) is 23.8. The summed E-state index contributed by atoms with van der Waals surface area (Å²) in [5.41, 5.74) is 4.64. The lowest BCUT2D eigenvalue weighted by Gasteiger charge is -2.10. The number of carbonyl (C=O) groups is 1. The summed E-state index contributed by atoms with van der Waals surface area (Å²) in [5, 5.41) is 12.2. The number of H-pyrrole nitrogens is 1. The van der Waals surface area contributed by atoms with Gasteiger partial charge in [-0.05, 0) is 59.5 Å². The van der Waals surface area contributed by atoms with Gasteiger partial charge in [0.15, 0.2) is 0 Å². The Morgan fingerprint density at radius 1 is 1.00 bits per heavy atom. The van der Waals surface area contributed by atoms with Crippen molar-refractivity contribution >= 4 is 40.0 Å². The molecule has 9 heteroatoms. The van der Waals surface area contributed by atoms with Crippen LogP contribution in [0.4, 0.5) is 0 Å². The molecule has 180 valence electrons. The van der Waals surface area contributed by atoms with E-state index in [0.29, 0.717) is 34.3 Å². The predicted molar refractivity (Wildman–Crippen MR) is 141 cm³/mol. The van der Waals surface area contributed by atoms with Crippen LogP contribution in [0.3, 0.4) is 0 Å². The van der Waals surface area contributed by atoms with Gasteiger partial charge in [-0.15, -0.1) is 0 Å². The van der Waals surface area contributed by atoms with Crippen molar-refractivity contribution in [3.05, 3.63) is 128 Å². The van der Waals surface area contributed by atoms with Gasteiger partial charge in [0.1, 0.15) is 0 Å². The molecule has 0 saturated carbocycles. The van der Waals surface area contributed by atoms with Crippen molar-refractivity contribution in [2.24, 2.45) is 0 Å². The molecule has 3 aromatic heterocycles. The van der Waals surface area contributed by atoms with Crippen LogP contribution >= 0.6 is 23.2 Å². The lowest BCUT2D eigenvalue weighted by atomic mass is 10.0. The quantitative estimate of drug-likeness (QED) is 0.317. The van der Waals surface area contributed by atoms with Gasteiger partial charge in [0, 0.05) is 40.1 Å². The predicted octanol–water partition coefficient (Wildman–Crippen LogP) is 5.00. The zero-order valence-corrected chi connectivity index (χ0v) is 20.6. The molecule has 0 saturated heterocycles. The third kappa shape index (κ3) is 5.32. The van der Waals surface area contributed by atoms with Gasteiger partial charge in [-0.1, -0.05) is 41.4 Å². The Balaban J connectivity index is 1.26. The number of fused-ring (bicyclic) bond motifs is 1. The molecule has 5 aromatic rings. The molecule has 36 heavy (non-hydrogen) atoms. The van der Waals surface area contributed by atoms with Crippen molar-refractivity contribution in [1.29, 1.82) is 0 Å². The number of halogens is 2. The summed E-state index contributed by atoms with van der Waals surface area (Å²) in [5.74, 6) is -0.246. The zero-order valence-electron chi connectivity index (χ0n) is 19.0. The minimum absolute atomic E-state index is 0.0805. The Kier molecular flexibility index (Phi) is 6.84. The van der Waals surface area contributed by atoms with Crippen LogP contribution in [-0.4, -0.2) is 25.7 Å². The van der Waals surface area contributed by atoms with Gasteiger partial charge < -0.3 is 9.88 Å². The molecule has 0 aliphatic carbocycles. The van der Waals surface area contributed by atoms with Gasteiger partial charge in [0.05, 0.1) is 29.9 Å². The highest BCUT2D eigenvalue weighted by molar-refractivity contribution is 6.31. The summed E-state index contributed by atoms with van der Waals surface area (Å²) < 4.78 is 1.60. The van der Waals surface area contributed by atoms with E-state index in [2.05, 4.69) is 20.5 Å². The van der Waals surface area contributed by atoms with Crippen molar-refractivity contribution in [2.75, 3.05) is 0 Å². The average Bonchev–Trinajstić information content (AvgIpc) is 3.27. The molecule has 7 nitrogen and oxygen atoms in total. The van der Waals surface area contributed by atoms with Gasteiger partial charge in [0.25, 0.3) is 11.5 Å². The molecule has 5 rings (SSSR count). The molecule has 0 bridgehead atoms. The SMILES string of the molecule is O=C(NCc1n[nH]c2ccc(Cl)cc12)c1cncc(Cc2ccc(Cn3ccccc3=O)c(Cl)c2)c1. The molecule has 0 fully saturated rings. The van der Waals surface area contributed by atoms with Crippen LogP contribution in [0.2, 0.25) is 10.0 Å². The summed E-state index contributed by atoms with van der Waals surface area (Å²) in [7, 11) is 0. The highest BCUT2D eigenvalue weighted by atomic mass is 35.5. The fourth-order valence-electron chi connectivity index (χ4n) is 3.99. The first-order valence-corrected chi connectivity index (χ1v) is 12.0. The minimum atomic E-state index is -0.246. The highest BCUT2D eigenvalue weighted by Crippen LogP contribution is 2.22. The molecule has 0 radical (unpaired) electrons. The Labute approximate surface area is 216 Å². The molecular formula is C27H21Cl2N5O2. The molecule has 0 unspecified atom stereocenters. The number of rotatable bonds is 7. The number of amides is 1. The normalized spacial score (nSPS) is 11.1. The summed E-state index contributed by atoms with van der Waals surface area (Å²) >= 11 is 12.6. The topological polar surface area (TPSA) is 92.7 Å². The summed E-state index contributed by atoms with van der Waals surface area (Å²) in [4.78, 5) is 29.0. The number of aromatic amines is 1. The number of nitrogens with one attached hydrogen (secondary N) is 2. The first-order chi connectivity index (χ1) is 17.5. The van der Waals surface area contributed by atoms with Crippen LogP contribution in [0.25, 0.3) is 10.9 Å². The lowest BCUT2D eigenvalue weighted by molar-refractivity contribution is 0.0950. The number of benzene rings is 2. The fourth-order valence-corrected chi connectivity index (χ4v) is 4.42. The molecule has 3 heterocycles. The number of hydrogen-bond donors (Lipinski definition) is 2. The second-order valence-corrected chi connectivity index (χ2v) is 9.24. The Morgan fingerprint density at radius 2 is 1.89 bits per heavy atom. The summed E-state index contributed by atoms with van der Waals surface area (Å²) in [6.45, 7) is 0.651. The van der Waals surface area contributed by atoms with Crippen LogP contribution in [0.15, 0.2) is 84.0 Å². The van der Waals surface area contributed by atoms with E-state index in [1.54, 1.807) is 29.1 Å². The van der Waals surface area contributed by atoms with Gasteiger partial charge in [-0.2, -0.15) is 5.10 Å². The molecule has 0 aliphatic rings. The maximum absolute atomic E-state index is 12.8.